The van der Waals surface area contributed by atoms with Crippen LogP contribution in [0.5, 0.6) is 0 Å². The normalized spacial score (nSPS) is 26.2. The summed E-state index contributed by atoms with van der Waals surface area (Å²) in [5.41, 5.74) is 1.74. The van der Waals surface area contributed by atoms with Gasteiger partial charge in [-0.3, -0.25) is 9.80 Å². The molecule has 2 aliphatic rings. The van der Waals surface area contributed by atoms with E-state index in [0.29, 0.717) is 19.4 Å². The summed E-state index contributed by atoms with van der Waals surface area (Å²) in [6.45, 7) is 5.69. The molecule has 158 valence electrons. The van der Waals surface area contributed by atoms with Gasteiger partial charge >= 0.3 is 0 Å². The molecule has 2 fully saturated rings. The SMILES string of the molecule is OC[C@]1(Cc2ccc(F)cc2)CN(Cc2cc(CN3CCCC3)cs2)CC[C@@H]1O. The second kappa shape index (κ2) is 9.23. The maximum atomic E-state index is 13.2. The van der Waals surface area contributed by atoms with Gasteiger partial charge in [-0.15, -0.1) is 11.3 Å². The first kappa shape index (κ1) is 20.9. The fraction of sp³-hybridized carbons (Fsp3) is 0.565. The Hall–Kier alpha value is -1.31. The summed E-state index contributed by atoms with van der Waals surface area (Å²) in [7, 11) is 0. The molecule has 2 aliphatic heterocycles. The summed E-state index contributed by atoms with van der Waals surface area (Å²) < 4.78 is 13.2. The number of benzene rings is 1. The van der Waals surface area contributed by atoms with Gasteiger partial charge < -0.3 is 10.2 Å². The monoisotopic (exact) mass is 418 g/mol. The molecule has 0 amide bonds. The molecule has 0 unspecified atom stereocenters. The zero-order valence-corrected chi connectivity index (χ0v) is 17.7. The van der Waals surface area contributed by atoms with Crippen molar-refractivity contribution in [3.05, 3.63) is 57.5 Å². The Morgan fingerprint density at radius 2 is 1.79 bits per heavy atom. The van der Waals surface area contributed by atoms with E-state index in [2.05, 4.69) is 21.2 Å². The van der Waals surface area contributed by atoms with Crippen molar-refractivity contribution < 1.29 is 14.6 Å². The Morgan fingerprint density at radius 1 is 1.03 bits per heavy atom. The van der Waals surface area contributed by atoms with Crippen molar-refractivity contribution in [2.24, 2.45) is 5.41 Å². The van der Waals surface area contributed by atoms with E-state index in [1.54, 1.807) is 23.5 Å². The number of hydrogen-bond donors (Lipinski definition) is 2. The van der Waals surface area contributed by atoms with Gasteiger partial charge in [-0.1, -0.05) is 12.1 Å². The van der Waals surface area contributed by atoms with Crippen LogP contribution in [0.25, 0.3) is 0 Å². The largest absolute Gasteiger partial charge is 0.396 e. The number of likely N-dealkylation sites (tertiary alicyclic amines) is 2. The maximum Gasteiger partial charge on any atom is 0.123 e. The van der Waals surface area contributed by atoms with Crippen LogP contribution in [0.4, 0.5) is 4.39 Å². The second-order valence-electron chi connectivity index (χ2n) is 8.74. The standard InChI is InChI=1S/C23H31FN2O2S/c24-20-5-3-18(4-6-20)12-23(17-27)16-26(10-7-22(23)28)14-21-11-19(15-29-21)13-25-8-1-2-9-25/h3-6,11,15,22,27-28H,1-2,7-10,12-14,16-17H2/t22-,23-/m0/s1. The van der Waals surface area contributed by atoms with Gasteiger partial charge in [0.25, 0.3) is 0 Å². The van der Waals surface area contributed by atoms with Crippen LogP contribution in [0.1, 0.15) is 35.3 Å². The van der Waals surface area contributed by atoms with Gasteiger partial charge in [-0.2, -0.15) is 0 Å². The first-order valence-electron chi connectivity index (χ1n) is 10.6. The van der Waals surface area contributed by atoms with E-state index >= 15 is 0 Å². The molecular formula is C23H31FN2O2S. The Labute approximate surface area is 176 Å². The molecular weight excluding hydrogens is 387 g/mol. The van der Waals surface area contributed by atoms with Crippen LogP contribution in [-0.4, -0.2) is 58.9 Å². The van der Waals surface area contributed by atoms with E-state index in [9.17, 15) is 14.6 Å². The molecule has 1 aromatic heterocycles. The Bertz CT molecular complexity index is 790. The van der Waals surface area contributed by atoms with Gasteiger partial charge in [0.2, 0.25) is 0 Å². The van der Waals surface area contributed by atoms with E-state index in [0.717, 1.165) is 25.2 Å². The van der Waals surface area contributed by atoms with Gasteiger partial charge in [0.15, 0.2) is 0 Å². The van der Waals surface area contributed by atoms with Crippen LogP contribution in [0, 0.1) is 11.2 Å². The summed E-state index contributed by atoms with van der Waals surface area (Å²) in [5.74, 6) is -0.264. The van der Waals surface area contributed by atoms with E-state index in [4.69, 9.17) is 0 Å². The fourth-order valence-corrected chi connectivity index (χ4v) is 5.70. The number of aliphatic hydroxyl groups excluding tert-OH is 2. The molecule has 0 bridgehead atoms. The fourth-order valence-electron chi connectivity index (χ4n) is 4.78. The van der Waals surface area contributed by atoms with Gasteiger partial charge in [0.1, 0.15) is 5.82 Å². The number of rotatable bonds is 7. The van der Waals surface area contributed by atoms with Gasteiger partial charge in [-0.05, 0) is 73.5 Å². The van der Waals surface area contributed by atoms with Crippen LogP contribution >= 0.6 is 11.3 Å². The van der Waals surface area contributed by atoms with Crippen LogP contribution in [0.3, 0.4) is 0 Å². The number of thiophene rings is 1. The average molecular weight is 419 g/mol. The van der Waals surface area contributed by atoms with Crippen molar-refractivity contribution in [1.29, 1.82) is 0 Å². The van der Waals surface area contributed by atoms with Crippen molar-refractivity contribution in [2.75, 3.05) is 32.8 Å². The lowest BCUT2D eigenvalue weighted by atomic mass is 9.73. The average Bonchev–Trinajstić information content (AvgIpc) is 3.39. The molecule has 2 atom stereocenters. The minimum Gasteiger partial charge on any atom is -0.396 e. The second-order valence-corrected chi connectivity index (χ2v) is 9.74. The maximum absolute atomic E-state index is 13.2. The molecule has 0 spiro atoms. The molecule has 1 aromatic carbocycles. The Kier molecular flexibility index (Phi) is 6.66. The number of nitrogens with zero attached hydrogens (tertiary/aromatic N) is 2. The van der Waals surface area contributed by atoms with Crippen LogP contribution in [0.15, 0.2) is 35.7 Å². The third-order valence-electron chi connectivity index (χ3n) is 6.44. The van der Waals surface area contributed by atoms with Gasteiger partial charge in [-0.25, -0.2) is 4.39 Å². The number of halogens is 1. The summed E-state index contributed by atoms with van der Waals surface area (Å²) in [6.07, 6.45) is 3.26. The van der Waals surface area contributed by atoms with Crippen molar-refractivity contribution in [3.8, 4) is 0 Å². The molecule has 0 saturated carbocycles. The molecule has 2 N–H and O–H groups in total. The molecule has 3 heterocycles. The van der Waals surface area contributed by atoms with Gasteiger partial charge in [0, 0.05) is 36.5 Å². The van der Waals surface area contributed by atoms with Crippen molar-refractivity contribution in [2.45, 2.75) is 44.9 Å². The Balaban J connectivity index is 1.40. The summed E-state index contributed by atoms with van der Waals surface area (Å²) in [5, 5.41) is 23.2. The number of piperidine rings is 1. The number of aliphatic hydroxyl groups is 2. The van der Waals surface area contributed by atoms with E-state index < -0.39 is 11.5 Å². The lowest BCUT2D eigenvalue weighted by molar-refractivity contribution is -0.0766. The molecule has 4 rings (SSSR count). The molecule has 29 heavy (non-hydrogen) atoms. The third kappa shape index (κ3) is 5.06. The highest BCUT2D eigenvalue weighted by molar-refractivity contribution is 7.10. The molecule has 4 nitrogen and oxygen atoms in total. The predicted octanol–water partition coefficient (Wildman–Crippen LogP) is 3.27. The highest BCUT2D eigenvalue weighted by atomic mass is 32.1. The summed E-state index contributed by atoms with van der Waals surface area (Å²) in [4.78, 5) is 6.20. The first-order chi connectivity index (χ1) is 14.1. The van der Waals surface area contributed by atoms with E-state index in [1.807, 2.05) is 0 Å². The lowest BCUT2D eigenvalue weighted by Crippen LogP contribution is -2.54. The quantitative estimate of drug-likeness (QED) is 0.725. The van der Waals surface area contributed by atoms with Crippen molar-refractivity contribution >= 4 is 11.3 Å². The molecule has 2 aromatic rings. The molecule has 0 aliphatic carbocycles. The van der Waals surface area contributed by atoms with Crippen molar-refractivity contribution in [1.82, 2.24) is 9.80 Å². The highest BCUT2D eigenvalue weighted by Crippen LogP contribution is 2.35. The minimum atomic E-state index is -0.605. The lowest BCUT2D eigenvalue weighted by Gasteiger charge is -2.45. The topological polar surface area (TPSA) is 46.9 Å². The van der Waals surface area contributed by atoms with E-state index in [1.165, 1.54) is 48.5 Å². The van der Waals surface area contributed by atoms with Gasteiger partial charge in [0.05, 0.1) is 12.7 Å². The van der Waals surface area contributed by atoms with E-state index in [-0.39, 0.29) is 12.4 Å². The van der Waals surface area contributed by atoms with Crippen LogP contribution < -0.4 is 0 Å². The molecule has 2 saturated heterocycles. The molecule has 6 heteroatoms. The molecule has 0 radical (unpaired) electrons. The summed E-state index contributed by atoms with van der Waals surface area (Å²) in [6, 6.07) is 8.71. The zero-order chi connectivity index (χ0) is 20.3. The highest BCUT2D eigenvalue weighted by Gasteiger charge is 2.42. The van der Waals surface area contributed by atoms with Crippen molar-refractivity contribution in [3.63, 3.8) is 0 Å². The Morgan fingerprint density at radius 3 is 2.52 bits per heavy atom. The van der Waals surface area contributed by atoms with Crippen LogP contribution in [0.2, 0.25) is 0 Å². The summed E-state index contributed by atoms with van der Waals surface area (Å²) >= 11 is 1.81. The third-order valence-corrected chi connectivity index (χ3v) is 7.41. The predicted molar refractivity (Wildman–Crippen MR) is 114 cm³/mol. The number of hydrogen-bond acceptors (Lipinski definition) is 5. The minimum absolute atomic E-state index is 0.0767. The van der Waals surface area contributed by atoms with Crippen LogP contribution in [-0.2, 0) is 19.5 Å². The first-order valence-corrected chi connectivity index (χ1v) is 11.5. The zero-order valence-electron chi connectivity index (χ0n) is 16.9. The smallest absolute Gasteiger partial charge is 0.123 e.